The zero-order valence-electron chi connectivity index (χ0n) is 12.7. The van der Waals surface area contributed by atoms with Crippen molar-refractivity contribution in [3.05, 3.63) is 63.6 Å². The maximum absolute atomic E-state index is 11.8. The first-order valence-corrected chi connectivity index (χ1v) is 7.95. The van der Waals surface area contributed by atoms with Crippen molar-refractivity contribution in [3.63, 3.8) is 0 Å². The Labute approximate surface area is 149 Å². The smallest absolute Gasteiger partial charge is 0.257 e. The Hall–Kier alpha value is -2.24. The molecule has 0 aromatic heterocycles. The standard InChI is InChI=1S/C17H16Cl2N2O3/c18-14-6-2-3-11(16(14)19)7-8-21-15(22)10-24-13-5-1-4-12(9-13)17(20)23/h1-6,9H,7-8,10H2,(H2,20,23)(H,21,22). The lowest BCUT2D eigenvalue weighted by Gasteiger charge is -2.09. The van der Waals surface area contributed by atoms with Gasteiger partial charge < -0.3 is 15.8 Å². The van der Waals surface area contributed by atoms with Gasteiger partial charge in [-0.15, -0.1) is 0 Å². The summed E-state index contributed by atoms with van der Waals surface area (Å²) in [6.07, 6.45) is 0.558. The second kappa shape index (κ2) is 8.57. The maximum Gasteiger partial charge on any atom is 0.257 e. The van der Waals surface area contributed by atoms with E-state index in [2.05, 4.69) is 5.32 Å². The highest BCUT2D eigenvalue weighted by Crippen LogP contribution is 2.25. The van der Waals surface area contributed by atoms with Crippen molar-refractivity contribution in [2.24, 2.45) is 5.73 Å². The van der Waals surface area contributed by atoms with Crippen LogP contribution in [0.25, 0.3) is 0 Å². The number of halogens is 2. The summed E-state index contributed by atoms with van der Waals surface area (Å²) in [4.78, 5) is 22.9. The number of hydrogen-bond donors (Lipinski definition) is 2. The van der Waals surface area contributed by atoms with E-state index in [1.54, 1.807) is 30.3 Å². The van der Waals surface area contributed by atoms with E-state index >= 15 is 0 Å². The van der Waals surface area contributed by atoms with Gasteiger partial charge in [0.05, 0.1) is 10.0 Å². The lowest BCUT2D eigenvalue weighted by molar-refractivity contribution is -0.123. The van der Waals surface area contributed by atoms with Gasteiger partial charge in [0.25, 0.3) is 5.91 Å². The van der Waals surface area contributed by atoms with Gasteiger partial charge in [0.1, 0.15) is 5.75 Å². The van der Waals surface area contributed by atoms with Crippen LogP contribution in [0.3, 0.4) is 0 Å². The summed E-state index contributed by atoms with van der Waals surface area (Å²) in [6.45, 7) is 0.245. The summed E-state index contributed by atoms with van der Waals surface area (Å²) in [5.41, 5.74) is 6.37. The predicted octanol–water partition coefficient (Wildman–Crippen LogP) is 2.83. The third-order valence-electron chi connectivity index (χ3n) is 3.24. The summed E-state index contributed by atoms with van der Waals surface area (Å²) in [5, 5.41) is 3.71. The highest BCUT2D eigenvalue weighted by molar-refractivity contribution is 6.42. The second-order valence-corrected chi connectivity index (χ2v) is 5.78. The summed E-state index contributed by atoms with van der Waals surface area (Å²) in [5.74, 6) is -0.430. The molecule has 0 fully saturated rings. The zero-order valence-corrected chi connectivity index (χ0v) is 14.2. The van der Waals surface area contributed by atoms with Crippen molar-refractivity contribution < 1.29 is 14.3 Å². The van der Waals surface area contributed by atoms with Crippen LogP contribution in [0.15, 0.2) is 42.5 Å². The van der Waals surface area contributed by atoms with Gasteiger partial charge >= 0.3 is 0 Å². The van der Waals surface area contributed by atoms with Gasteiger partial charge in [-0.25, -0.2) is 0 Å². The van der Waals surface area contributed by atoms with Crippen LogP contribution in [0.2, 0.25) is 10.0 Å². The summed E-state index contributed by atoms with van der Waals surface area (Å²) >= 11 is 12.0. The van der Waals surface area contributed by atoms with Crippen molar-refractivity contribution in [3.8, 4) is 5.75 Å². The number of nitrogens with two attached hydrogens (primary N) is 1. The second-order valence-electron chi connectivity index (χ2n) is 4.99. The molecule has 0 saturated heterocycles. The molecule has 0 radical (unpaired) electrons. The molecular formula is C17H16Cl2N2O3. The SMILES string of the molecule is NC(=O)c1cccc(OCC(=O)NCCc2cccc(Cl)c2Cl)c1. The maximum atomic E-state index is 11.8. The molecule has 24 heavy (non-hydrogen) atoms. The van der Waals surface area contributed by atoms with Crippen LogP contribution < -0.4 is 15.8 Å². The predicted molar refractivity (Wildman–Crippen MR) is 93.6 cm³/mol. The third kappa shape index (κ3) is 5.15. The van der Waals surface area contributed by atoms with E-state index < -0.39 is 5.91 Å². The summed E-state index contributed by atoms with van der Waals surface area (Å²) < 4.78 is 5.34. The number of amides is 2. The van der Waals surface area contributed by atoms with Gasteiger partial charge in [0.15, 0.2) is 6.61 Å². The number of carbonyl (C=O) groups excluding carboxylic acids is 2. The van der Waals surface area contributed by atoms with Crippen LogP contribution >= 0.6 is 23.2 Å². The van der Waals surface area contributed by atoms with Crippen molar-refractivity contribution in [2.75, 3.05) is 13.2 Å². The van der Waals surface area contributed by atoms with Crippen LogP contribution in [-0.2, 0) is 11.2 Å². The topological polar surface area (TPSA) is 81.4 Å². The van der Waals surface area contributed by atoms with E-state index in [1.165, 1.54) is 6.07 Å². The van der Waals surface area contributed by atoms with Crippen molar-refractivity contribution >= 4 is 35.0 Å². The van der Waals surface area contributed by atoms with Crippen LogP contribution in [0, 0.1) is 0 Å². The molecule has 0 atom stereocenters. The highest BCUT2D eigenvalue weighted by atomic mass is 35.5. The van der Waals surface area contributed by atoms with Crippen molar-refractivity contribution in [1.82, 2.24) is 5.32 Å². The fourth-order valence-corrected chi connectivity index (χ4v) is 2.43. The van der Waals surface area contributed by atoms with E-state index in [0.29, 0.717) is 34.3 Å². The van der Waals surface area contributed by atoms with Gasteiger partial charge in [-0.2, -0.15) is 0 Å². The molecule has 2 rings (SSSR count). The average Bonchev–Trinajstić information content (AvgIpc) is 2.57. The van der Waals surface area contributed by atoms with Crippen LogP contribution in [-0.4, -0.2) is 25.0 Å². The number of hydrogen-bond acceptors (Lipinski definition) is 3. The minimum absolute atomic E-state index is 0.161. The van der Waals surface area contributed by atoms with E-state index in [9.17, 15) is 9.59 Å². The number of nitrogens with one attached hydrogen (secondary N) is 1. The quantitative estimate of drug-likeness (QED) is 0.790. The normalized spacial score (nSPS) is 10.2. The minimum Gasteiger partial charge on any atom is -0.484 e. The molecule has 0 saturated carbocycles. The van der Waals surface area contributed by atoms with Crippen molar-refractivity contribution in [2.45, 2.75) is 6.42 Å². The molecule has 7 heteroatoms. The molecule has 2 aromatic carbocycles. The van der Waals surface area contributed by atoms with E-state index in [1.807, 2.05) is 6.07 Å². The molecule has 0 bridgehead atoms. The molecule has 0 unspecified atom stereocenters. The molecule has 0 spiro atoms. The third-order valence-corrected chi connectivity index (χ3v) is 4.09. The molecule has 0 heterocycles. The monoisotopic (exact) mass is 366 g/mol. The molecule has 0 aliphatic heterocycles. The molecule has 0 aliphatic rings. The van der Waals surface area contributed by atoms with Gasteiger partial charge in [-0.3, -0.25) is 9.59 Å². The van der Waals surface area contributed by atoms with E-state index in [4.69, 9.17) is 33.7 Å². The Morgan fingerprint density at radius 2 is 1.88 bits per heavy atom. The van der Waals surface area contributed by atoms with E-state index in [-0.39, 0.29) is 12.5 Å². The fourth-order valence-electron chi connectivity index (χ4n) is 2.02. The minimum atomic E-state index is -0.552. The summed E-state index contributed by atoms with van der Waals surface area (Å²) in [7, 11) is 0. The molecule has 126 valence electrons. The Kier molecular flexibility index (Phi) is 6.46. The molecule has 2 aromatic rings. The van der Waals surface area contributed by atoms with Crippen molar-refractivity contribution in [1.29, 1.82) is 0 Å². The lowest BCUT2D eigenvalue weighted by Crippen LogP contribution is -2.30. The zero-order chi connectivity index (χ0) is 17.5. The van der Waals surface area contributed by atoms with Gasteiger partial charge in [-0.05, 0) is 36.2 Å². The van der Waals surface area contributed by atoms with Gasteiger partial charge in [-0.1, -0.05) is 41.4 Å². The van der Waals surface area contributed by atoms with Gasteiger partial charge in [0, 0.05) is 12.1 Å². The summed E-state index contributed by atoms with van der Waals surface area (Å²) in [6, 6.07) is 11.7. The molecule has 0 aliphatic carbocycles. The molecule has 5 nitrogen and oxygen atoms in total. The number of carbonyl (C=O) groups is 2. The highest BCUT2D eigenvalue weighted by Gasteiger charge is 2.07. The Morgan fingerprint density at radius 3 is 2.62 bits per heavy atom. The first-order chi connectivity index (χ1) is 11.5. The molecule has 2 amide bonds. The largest absolute Gasteiger partial charge is 0.484 e. The number of primary amides is 1. The first kappa shape index (κ1) is 18.1. The number of benzene rings is 2. The average molecular weight is 367 g/mol. The van der Waals surface area contributed by atoms with E-state index in [0.717, 1.165) is 5.56 Å². The molecule has 3 N–H and O–H groups in total. The number of rotatable bonds is 7. The Balaban J connectivity index is 1.78. The number of ether oxygens (including phenoxy) is 1. The van der Waals surface area contributed by atoms with Gasteiger partial charge in [0.2, 0.25) is 5.91 Å². The van der Waals surface area contributed by atoms with Crippen LogP contribution in [0.1, 0.15) is 15.9 Å². The Bertz CT molecular complexity index is 750. The molecular weight excluding hydrogens is 351 g/mol. The van der Waals surface area contributed by atoms with Crippen LogP contribution in [0.5, 0.6) is 5.75 Å². The first-order valence-electron chi connectivity index (χ1n) is 7.19. The lowest BCUT2D eigenvalue weighted by atomic mass is 10.1. The fraction of sp³-hybridized carbons (Fsp3) is 0.176. The Morgan fingerprint density at radius 1 is 1.12 bits per heavy atom. The van der Waals surface area contributed by atoms with Crippen LogP contribution in [0.4, 0.5) is 0 Å².